The Kier molecular flexibility index (Phi) is 5.02. The summed E-state index contributed by atoms with van der Waals surface area (Å²) in [5.74, 6) is 0. The van der Waals surface area contributed by atoms with Gasteiger partial charge in [-0.3, -0.25) is 0 Å². The van der Waals surface area contributed by atoms with Gasteiger partial charge in [-0.05, 0) is 65.0 Å². The molecule has 0 fully saturated rings. The molecular weight excluding hydrogens is 531 g/mol. The Morgan fingerprint density at radius 3 is 2.02 bits per heavy atom. The van der Waals surface area contributed by atoms with Crippen molar-refractivity contribution in [2.75, 3.05) is 4.90 Å². The van der Waals surface area contributed by atoms with Crippen LogP contribution in [0.15, 0.2) is 138 Å². The maximum Gasteiger partial charge on any atom is 0.159 e. The Morgan fingerprint density at radius 2 is 1.17 bits per heavy atom. The van der Waals surface area contributed by atoms with E-state index >= 15 is 0 Å². The summed E-state index contributed by atoms with van der Waals surface area (Å²) in [4.78, 5) is 2.41. The Balaban J connectivity index is 1.42. The van der Waals surface area contributed by atoms with E-state index in [0.29, 0.717) is 0 Å². The molecule has 0 saturated carbocycles. The zero-order chi connectivity index (χ0) is 27.8. The van der Waals surface area contributed by atoms with E-state index in [1.165, 1.54) is 47.3 Å². The Labute approximate surface area is 246 Å². The predicted octanol–water partition coefficient (Wildman–Crippen LogP) is 12.0. The first-order valence-corrected chi connectivity index (χ1v) is 15.1. The third-order valence-electron chi connectivity index (χ3n) is 8.55. The lowest BCUT2D eigenvalue weighted by Crippen LogP contribution is -2.12. The van der Waals surface area contributed by atoms with Crippen LogP contribution < -0.4 is 4.90 Å². The van der Waals surface area contributed by atoms with Crippen molar-refractivity contribution in [3.63, 3.8) is 0 Å². The molecule has 2 nitrogen and oxygen atoms in total. The van der Waals surface area contributed by atoms with E-state index in [0.717, 1.165) is 39.0 Å². The summed E-state index contributed by atoms with van der Waals surface area (Å²) in [7, 11) is 0. The Hall–Kier alpha value is -5.12. The number of furan rings is 1. The summed E-state index contributed by atoms with van der Waals surface area (Å²) in [6, 6.07) is 48.1. The van der Waals surface area contributed by atoms with E-state index in [4.69, 9.17) is 4.42 Å². The third-order valence-corrected chi connectivity index (χ3v) is 9.64. The van der Waals surface area contributed by atoms with Crippen LogP contribution in [0, 0.1) is 6.92 Å². The lowest BCUT2D eigenvalue weighted by Gasteiger charge is -2.28. The van der Waals surface area contributed by atoms with E-state index in [1.54, 1.807) is 0 Å². The largest absolute Gasteiger partial charge is 0.454 e. The SMILES string of the molecule is Cc1ccccc1N(c1cc2sc3cc4ccccc4cc3c2c2ccccc12)c1cccc2c1oc1ccccc12. The van der Waals surface area contributed by atoms with Gasteiger partial charge in [0.2, 0.25) is 0 Å². The normalized spacial score (nSPS) is 11.9. The number of benzene rings is 7. The fourth-order valence-corrected chi connectivity index (χ4v) is 7.79. The zero-order valence-electron chi connectivity index (χ0n) is 23.0. The van der Waals surface area contributed by atoms with E-state index in [-0.39, 0.29) is 0 Å². The van der Waals surface area contributed by atoms with Crippen LogP contribution in [-0.2, 0) is 0 Å². The van der Waals surface area contributed by atoms with Crippen molar-refractivity contribution in [1.82, 2.24) is 0 Å². The molecule has 3 heteroatoms. The van der Waals surface area contributed by atoms with Gasteiger partial charge in [-0.2, -0.15) is 0 Å². The topological polar surface area (TPSA) is 16.4 Å². The van der Waals surface area contributed by atoms with E-state index in [9.17, 15) is 0 Å². The molecule has 2 heterocycles. The summed E-state index contributed by atoms with van der Waals surface area (Å²) in [6.45, 7) is 2.19. The minimum atomic E-state index is 0.897. The van der Waals surface area contributed by atoms with Crippen LogP contribution in [0.1, 0.15) is 5.56 Å². The molecule has 198 valence electrons. The van der Waals surface area contributed by atoms with Gasteiger partial charge in [0.25, 0.3) is 0 Å². The van der Waals surface area contributed by atoms with Crippen molar-refractivity contribution in [2.24, 2.45) is 0 Å². The molecule has 0 amide bonds. The van der Waals surface area contributed by atoms with Gasteiger partial charge in [0, 0.05) is 42.0 Å². The molecule has 0 radical (unpaired) electrons. The second-order valence-corrected chi connectivity index (χ2v) is 12.1. The number of thiophene rings is 1. The number of para-hydroxylation sites is 3. The van der Waals surface area contributed by atoms with Crippen molar-refractivity contribution in [3.05, 3.63) is 139 Å². The van der Waals surface area contributed by atoms with Gasteiger partial charge in [0.15, 0.2) is 5.58 Å². The van der Waals surface area contributed by atoms with Gasteiger partial charge in [-0.15, -0.1) is 11.3 Å². The quantitative estimate of drug-likeness (QED) is 0.216. The third kappa shape index (κ3) is 3.38. The highest BCUT2D eigenvalue weighted by atomic mass is 32.1. The summed E-state index contributed by atoms with van der Waals surface area (Å²) in [5.41, 5.74) is 6.33. The molecular formula is C39H25NOS. The Morgan fingerprint density at radius 1 is 0.500 bits per heavy atom. The van der Waals surface area contributed by atoms with Gasteiger partial charge in [-0.25, -0.2) is 0 Å². The molecule has 0 spiro atoms. The molecule has 0 saturated heterocycles. The molecule has 0 unspecified atom stereocenters. The maximum atomic E-state index is 6.60. The molecule has 0 bridgehead atoms. The fraction of sp³-hybridized carbons (Fsp3) is 0.0256. The lowest BCUT2D eigenvalue weighted by atomic mass is 9.99. The van der Waals surface area contributed by atoms with Crippen molar-refractivity contribution >= 4 is 92.1 Å². The molecule has 0 aliphatic carbocycles. The minimum absolute atomic E-state index is 0.897. The Bertz CT molecular complexity index is 2500. The first kappa shape index (κ1) is 23.6. The van der Waals surface area contributed by atoms with Crippen LogP contribution in [0.3, 0.4) is 0 Å². The monoisotopic (exact) mass is 555 g/mol. The van der Waals surface area contributed by atoms with Gasteiger partial charge in [0.1, 0.15) is 5.58 Å². The average Bonchev–Trinajstić information content (AvgIpc) is 3.59. The molecule has 9 aromatic rings. The number of hydrogen-bond donors (Lipinski definition) is 0. The van der Waals surface area contributed by atoms with E-state index < -0.39 is 0 Å². The van der Waals surface area contributed by atoms with Crippen LogP contribution in [0.5, 0.6) is 0 Å². The summed E-state index contributed by atoms with van der Waals surface area (Å²) in [6.07, 6.45) is 0. The molecule has 42 heavy (non-hydrogen) atoms. The molecule has 0 N–H and O–H groups in total. The van der Waals surface area contributed by atoms with E-state index in [2.05, 4.69) is 139 Å². The number of aryl methyl sites for hydroxylation is 1. The second kappa shape index (κ2) is 8.94. The fourth-order valence-electron chi connectivity index (χ4n) is 6.60. The summed E-state index contributed by atoms with van der Waals surface area (Å²) < 4.78 is 9.19. The van der Waals surface area contributed by atoms with Crippen molar-refractivity contribution < 1.29 is 4.42 Å². The maximum absolute atomic E-state index is 6.60. The highest BCUT2D eigenvalue weighted by Gasteiger charge is 2.23. The van der Waals surface area contributed by atoms with Crippen LogP contribution in [-0.4, -0.2) is 0 Å². The van der Waals surface area contributed by atoms with Gasteiger partial charge >= 0.3 is 0 Å². The first-order chi connectivity index (χ1) is 20.7. The van der Waals surface area contributed by atoms with Crippen LogP contribution in [0.2, 0.25) is 0 Å². The number of rotatable bonds is 3. The minimum Gasteiger partial charge on any atom is -0.454 e. The van der Waals surface area contributed by atoms with E-state index in [1.807, 2.05) is 17.4 Å². The molecule has 7 aromatic carbocycles. The van der Waals surface area contributed by atoms with Gasteiger partial charge < -0.3 is 9.32 Å². The van der Waals surface area contributed by atoms with Gasteiger partial charge in [0.05, 0.1) is 11.4 Å². The summed E-state index contributed by atoms with van der Waals surface area (Å²) >= 11 is 1.87. The van der Waals surface area contributed by atoms with Crippen LogP contribution >= 0.6 is 11.3 Å². The highest BCUT2D eigenvalue weighted by Crippen LogP contribution is 2.49. The molecule has 2 aromatic heterocycles. The average molecular weight is 556 g/mol. The molecule has 0 aliphatic rings. The number of anilines is 3. The first-order valence-electron chi connectivity index (χ1n) is 14.3. The van der Waals surface area contributed by atoms with Gasteiger partial charge in [-0.1, -0.05) is 97.1 Å². The molecule has 9 rings (SSSR count). The molecule has 0 atom stereocenters. The number of hydrogen-bond acceptors (Lipinski definition) is 3. The van der Waals surface area contributed by atoms with Crippen molar-refractivity contribution in [3.8, 4) is 0 Å². The zero-order valence-corrected chi connectivity index (χ0v) is 23.8. The highest BCUT2D eigenvalue weighted by molar-refractivity contribution is 7.26. The smallest absolute Gasteiger partial charge is 0.159 e. The van der Waals surface area contributed by atoms with Crippen LogP contribution in [0.4, 0.5) is 17.1 Å². The second-order valence-electron chi connectivity index (χ2n) is 11.0. The number of nitrogens with zero attached hydrogens (tertiary/aromatic N) is 1. The lowest BCUT2D eigenvalue weighted by molar-refractivity contribution is 0.669. The standard InChI is InChI=1S/C39H25NOS/c1-24-11-2-8-18-32(24)40(33-19-10-17-30-28-15-7-9-20-35(28)41-39(30)33)34-23-37-38(29-16-6-5-14-27(29)34)31-21-25-12-3-4-13-26(25)22-36(31)42-37/h2-23H,1H3. The number of fused-ring (bicyclic) bond motifs is 9. The van der Waals surface area contributed by atoms with Crippen LogP contribution in [0.25, 0.3) is 63.7 Å². The summed E-state index contributed by atoms with van der Waals surface area (Å²) in [5, 5.41) is 9.94. The predicted molar refractivity (Wildman–Crippen MR) is 181 cm³/mol. The van der Waals surface area contributed by atoms with Crippen molar-refractivity contribution in [2.45, 2.75) is 6.92 Å². The molecule has 0 aliphatic heterocycles. The van der Waals surface area contributed by atoms with Crippen molar-refractivity contribution in [1.29, 1.82) is 0 Å².